The van der Waals surface area contributed by atoms with Crippen LogP contribution in [0.1, 0.15) is 11.1 Å². The Balaban J connectivity index is 2.00. The minimum absolute atomic E-state index is 0.0440. The number of thioether (sulfide) groups is 1. The molecule has 0 unspecified atom stereocenters. The molecule has 2 rings (SSSR count). The van der Waals surface area contributed by atoms with Crippen LogP contribution in [-0.2, 0) is 4.79 Å². The lowest BCUT2D eigenvalue weighted by molar-refractivity contribution is -0.113. The average Bonchev–Trinajstić information content (AvgIpc) is 2.47. The lowest BCUT2D eigenvalue weighted by Crippen LogP contribution is -2.15. The van der Waals surface area contributed by atoms with Gasteiger partial charge in [-0.05, 0) is 37.6 Å². The number of halogens is 3. The van der Waals surface area contributed by atoms with Crippen molar-refractivity contribution in [3.05, 3.63) is 58.9 Å². The minimum Gasteiger partial charge on any atom is -0.323 e. The fourth-order valence-electron chi connectivity index (χ4n) is 1.91. The summed E-state index contributed by atoms with van der Waals surface area (Å²) in [6.45, 7) is 3.91. The quantitative estimate of drug-likeness (QED) is 0.664. The third-order valence-electron chi connectivity index (χ3n) is 3.00. The highest BCUT2D eigenvalue weighted by atomic mass is 32.2. The van der Waals surface area contributed by atoms with Crippen LogP contribution in [0.3, 0.4) is 0 Å². The molecule has 0 atom stereocenters. The van der Waals surface area contributed by atoms with Crippen molar-refractivity contribution in [2.24, 2.45) is 0 Å². The predicted octanol–water partition coefficient (Wildman–Crippen LogP) is 4.45. The summed E-state index contributed by atoms with van der Waals surface area (Å²) in [5.74, 6) is -4.73. The molecular weight excluding hydrogens is 311 g/mol. The second kappa shape index (κ2) is 6.87. The zero-order chi connectivity index (χ0) is 16.3. The van der Waals surface area contributed by atoms with Gasteiger partial charge in [0, 0.05) is 4.90 Å². The summed E-state index contributed by atoms with van der Waals surface area (Å²) in [7, 11) is 0. The maximum atomic E-state index is 13.5. The number of anilines is 1. The van der Waals surface area contributed by atoms with E-state index in [-0.39, 0.29) is 11.4 Å². The first-order chi connectivity index (χ1) is 10.4. The molecule has 0 saturated heterocycles. The Labute approximate surface area is 130 Å². The van der Waals surface area contributed by atoms with Crippen molar-refractivity contribution in [2.75, 3.05) is 11.1 Å². The smallest absolute Gasteiger partial charge is 0.234 e. The molecule has 0 aliphatic carbocycles. The van der Waals surface area contributed by atoms with Crippen LogP contribution in [0.5, 0.6) is 0 Å². The van der Waals surface area contributed by atoms with Gasteiger partial charge in [-0.2, -0.15) is 0 Å². The van der Waals surface area contributed by atoms with E-state index < -0.39 is 23.4 Å². The van der Waals surface area contributed by atoms with Crippen LogP contribution in [0, 0.1) is 31.3 Å². The molecule has 22 heavy (non-hydrogen) atoms. The predicted molar refractivity (Wildman–Crippen MR) is 81.6 cm³/mol. The van der Waals surface area contributed by atoms with Crippen molar-refractivity contribution in [2.45, 2.75) is 18.7 Å². The standard InChI is InChI=1S/C16H14F3NOS/c1-9-3-6-13(10(2)7-9)22-8-14(21)20-12-5-4-11(17)15(18)16(12)19/h3-7H,8H2,1-2H3,(H,20,21). The first kappa shape index (κ1) is 16.4. The van der Waals surface area contributed by atoms with E-state index in [0.29, 0.717) is 0 Å². The summed E-state index contributed by atoms with van der Waals surface area (Å²) in [5.41, 5.74) is 1.79. The topological polar surface area (TPSA) is 29.1 Å². The number of carbonyl (C=O) groups excluding carboxylic acids is 1. The van der Waals surface area contributed by atoms with Gasteiger partial charge in [-0.3, -0.25) is 4.79 Å². The average molecular weight is 325 g/mol. The van der Waals surface area contributed by atoms with Gasteiger partial charge in [0.2, 0.25) is 5.91 Å². The number of nitrogens with one attached hydrogen (secondary N) is 1. The normalized spacial score (nSPS) is 10.6. The van der Waals surface area contributed by atoms with Crippen molar-refractivity contribution >= 4 is 23.4 Å². The zero-order valence-corrected chi connectivity index (χ0v) is 12.9. The molecule has 2 nitrogen and oxygen atoms in total. The molecular formula is C16H14F3NOS. The summed E-state index contributed by atoms with van der Waals surface area (Å²) >= 11 is 1.29. The van der Waals surface area contributed by atoms with Gasteiger partial charge in [0.25, 0.3) is 0 Å². The Kier molecular flexibility index (Phi) is 5.13. The summed E-state index contributed by atoms with van der Waals surface area (Å²) < 4.78 is 39.3. The number of hydrogen-bond donors (Lipinski definition) is 1. The van der Waals surface area contributed by atoms with E-state index in [1.54, 1.807) is 0 Å². The molecule has 6 heteroatoms. The van der Waals surface area contributed by atoms with E-state index >= 15 is 0 Å². The number of carbonyl (C=O) groups is 1. The number of hydrogen-bond acceptors (Lipinski definition) is 2. The van der Waals surface area contributed by atoms with Crippen LogP contribution in [0.15, 0.2) is 35.2 Å². The zero-order valence-electron chi connectivity index (χ0n) is 12.0. The first-order valence-corrected chi connectivity index (χ1v) is 7.50. The van der Waals surface area contributed by atoms with Gasteiger partial charge in [0.15, 0.2) is 17.5 Å². The molecule has 1 N–H and O–H groups in total. The van der Waals surface area contributed by atoms with Crippen LogP contribution in [0.2, 0.25) is 0 Å². The van der Waals surface area contributed by atoms with E-state index in [0.717, 1.165) is 28.2 Å². The number of aryl methyl sites for hydroxylation is 2. The van der Waals surface area contributed by atoms with E-state index in [2.05, 4.69) is 5.32 Å². The SMILES string of the molecule is Cc1ccc(SCC(=O)Nc2ccc(F)c(F)c2F)c(C)c1. The highest BCUT2D eigenvalue weighted by Gasteiger charge is 2.15. The van der Waals surface area contributed by atoms with E-state index in [1.807, 2.05) is 32.0 Å². The van der Waals surface area contributed by atoms with E-state index in [9.17, 15) is 18.0 Å². The summed E-state index contributed by atoms with van der Waals surface area (Å²) in [4.78, 5) is 12.7. The van der Waals surface area contributed by atoms with Crippen LogP contribution in [0.25, 0.3) is 0 Å². The van der Waals surface area contributed by atoms with Crippen molar-refractivity contribution < 1.29 is 18.0 Å². The molecule has 2 aromatic carbocycles. The van der Waals surface area contributed by atoms with Gasteiger partial charge in [0.1, 0.15) is 0 Å². The van der Waals surface area contributed by atoms with Crippen molar-refractivity contribution in [3.8, 4) is 0 Å². The Bertz CT molecular complexity index is 719. The maximum absolute atomic E-state index is 13.5. The Hall–Kier alpha value is -1.95. The van der Waals surface area contributed by atoms with Crippen LogP contribution < -0.4 is 5.32 Å². The highest BCUT2D eigenvalue weighted by Crippen LogP contribution is 2.24. The molecule has 0 fully saturated rings. The second-order valence-corrected chi connectivity index (χ2v) is 5.85. The molecule has 0 aliphatic rings. The van der Waals surface area contributed by atoms with Crippen molar-refractivity contribution in [1.82, 2.24) is 0 Å². The molecule has 1 amide bonds. The number of amides is 1. The lowest BCUT2D eigenvalue weighted by Gasteiger charge is -2.09. The Morgan fingerprint density at radius 1 is 1.09 bits per heavy atom. The van der Waals surface area contributed by atoms with Gasteiger partial charge < -0.3 is 5.32 Å². The highest BCUT2D eigenvalue weighted by molar-refractivity contribution is 8.00. The molecule has 0 spiro atoms. The van der Waals surface area contributed by atoms with Gasteiger partial charge in [-0.15, -0.1) is 11.8 Å². The van der Waals surface area contributed by atoms with E-state index in [1.165, 1.54) is 11.8 Å². The van der Waals surface area contributed by atoms with Crippen molar-refractivity contribution in [3.63, 3.8) is 0 Å². The van der Waals surface area contributed by atoms with Crippen molar-refractivity contribution in [1.29, 1.82) is 0 Å². The maximum Gasteiger partial charge on any atom is 0.234 e. The van der Waals surface area contributed by atoms with Crippen LogP contribution in [0.4, 0.5) is 18.9 Å². The number of rotatable bonds is 4. The summed E-state index contributed by atoms with van der Waals surface area (Å²) in [6, 6.07) is 7.59. The fourth-order valence-corrected chi connectivity index (χ4v) is 2.72. The molecule has 116 valence electrons. The Morgan fingerprint density at radius 2 is 1.82 bits per heavy atom. The Morgan fingerprint density at radius 3 is 2.50 bits per heavy atom. The van der Waals surface area contributed by atoms with Gasteiger partial charge >= 0.3 is 0 Å². The van der Waals surface area contributed by atoms with E-state index in [4.69, 9.17) is 0 Å². The molecule has 0 saturated carbocycles. The molecule has 0 heterocycles. The monoisotopic (exact) mass is 325 g/mol. The molecule has 0 aliphatic heterocycles. The van der Waals surface area contributed by atoms with Gasteiger partial charge in [0.05, 0.1) is 11.4 Å². The fraction of sp³-hybridized carbons (Fsp3) is 0.188. The molecule has 0 aromatic heterocycles. The summed E-state index contributed by atoms with van der Waals surface area (Å²) in [6.07, 6.45) is 0. The molecule has 0 radical (unpaired) electrons. The van der Waals surface area contributed by atoms with Crippen LogP contribution in [-0.4, -0.2) is 11.7 Å². The van der Waals surface area contributed by atoms with Gasteiger partial charge in [-0.25, -0.2) is 13.2 Å². The van der Waals surface area contributed by atoms with Gasteiger partial charge in [-0.1, -0.05) is 17.7 Å². The first-order valence-electron chi connectivity index (χ1n) is 6.52. The third kappa shape index (κ3) is 3.82. The molecule has 0 bridgehead atoms. The largest absolute Gasteiger partial charge is 0.323 e. The summed E-state index contributed by atoms with van der Waals surface area (Å²) in [5, 5.41) is 2.24. The third-order valence-corrected chi connectivity index (χ3v) is 4.17. The van der Waals surface area contributed by atoms with Crippen LogP contribution >= 0.6 is 11.8 Å². The minimum atomic E-state index is -1.60. The molecule has 2 aromatic rings. The second-order valence-electron chi connectivity index (χ2n) is 4.83. The lowest BCUT2D eigenvalue weighted by atomic mass is 10.2. The number of benzene rings is 2.